The van der Waals surface area contributed by atoms with Crippen LogP contribution in [0, 0.1) is 13.8 Å². The minimum atomic E-state index is -4.55. The first-order valence-electron chi connectivity index (χ1n) is 6.43. The monoisotopic (exact) mass is 308 g/mol. The van der Waals surface area contributed by atoms with Crippen LogP contribution in [0.2, 0.25) is 0 Å². The zero-order valence-electron chi connectivity index (χ0n) is 12.1. The lowest BCUT2D eigenvalue weighted by Crippen LogP contribution is -2.05. The predicted octanol–water partition coefficient (Wildman–Crippen LogP) is 4.90. The highest BCUT2D eigenvalue weighted by molar-refractivity contribution is 5.60. The molecule has 0 fully saturated rings. The SMILES string of the molecule is Cc1cc(N=Nc2ccc(N)cc2C(F)(F)F)c(C)cc1N. The molecule has 0 radical (unpaired) electrons. The van der Waals surface area contributed by atoms with Crippen molar-refractivity contribution in [2.45, 2.75) is 20.0 Å². The lowest BCUT2D eigenvalue weighted by atomic mass is 10.1. The van der Waals surface area contributed by atoms with Gasteiger partial charge in [-0.3, -0.25) is 0 Å². The number of azo groups is 1. The molecule has 0 atom stereocenters. The number of halogens is 3. The van der Waals surface area contributed by atoms with E-state index in [0.29, 0.717) is 11.4 Å². The lowest BCUT2D eigenvalue weighted by Gasteiger charge is -2.10. The summed E-state index contributed by atoms with van der Waals surface area (Å²) in [5.74, 6) is 0. The Hall–Kier alpha value is -2.57. The van der Waals surface area contributed by atoms with Gasteiger partial charge in [-0.25, -0.2) is 0 Å². The highest BCUT2D eigenvalue weighted by atomic mass is 19.4. The van der Waals surface area contributed by atoms with Gasteiger partial charge in [0.2, 0.25) is 0 Å². The van der Waals surface area contributed by atoms with Gasteiger partial charge in [0.15, 0.2) is 0 Å². The highest BCUT2D eigenvalue weighted by Crippen LogP contribution is 2.38. The topological polar surface area (TPSA) is 76.8 Å². The first-order chi connectivity index (χ1) is 10.2. The van der Waals surface area contributed by atoms with Gasteiger partial charge in [0.25, 0.3) is 0 Å². The number of nitrogens with zero attached hydrogens (tertiary/aromatic N) is 2. The number of aryl methyl sites for hydroxylation is 2. The molecule has 0 saturated heterocycles. The summed E-state index contributed by atoms with van der Waals surface area (Å²) in [5.41, 5.74) is 12.6. The minimum Gasteiger partial charge on any atom is -0.399 e. The molecule has 4 N–H and O–H groups in total. The summed E-state index contributed by atoms with van der Waals surface area (Å²) in [7, 11) is 0. The van der Waals surface area contributed by atoms with Crippen molar-refractivity contribution in [2.24, 2.45) is 10.2 Å². The molecule has 0 aliphatic carbocycles. The Morgan fingerprint density at radius 3 is 2.14 bits per heavy atom. The third kappa shape index (κ3) is 3.36. The maximum atomic E-state index is 13.0. The maximum absolute atomic E-state index is 13.0. The van der Waals surface area contributed by atoms with Crippen molar-refractivity contribution in [1.82, 2.24) is 0 Å². The second-order valence-electron chi connectivity index (χ2n) is 4.97. The van der Waals surface area contributed by atoms with E-state index in [1.54, 1.807) is 26.0 Å². The molecule has 0 unspecified atom stereocenters. The van der Waals surface area contributed by atoms with Crippen LogP contribution in [0.3, 0.4) is 0 Å². The van der Waals surface area contributed by atoms with Gasteiger partial charge in [-0.05, 0) is 55.3 Å². The number of benzene rings is 2. The third-order valence-corrected chi connectivity index (χ3v) is 3.18. The van der Waals surface area contributed by atoms with Gasteiger partial charge in [-0.2, -0.15) is 18.3 Å². The molecular formula is C15H15F3N4. The van der Waals surface area contributed by atoms with Gasteiger partial charge in [0, 0.05) is 11.4 Å². The van der Waals surface area contributed by atoms with Gasteiger partial charge < -0.3 is 11.5 Å². The maximum Gasteiger partial charge on any atom is 0.418 e. The zero-order chi connectivity index (χ0) is 16.5. The number of hydrogen-bond donors (Lipinski definition) is 2. The standard InChI is InChI=1S/C15H15F3N4/c1-8-6-14(9(2)5-12(8)20)22-21-13-4-3-10(19)7-11(13)15(16,17)18/h3-7H,19-20H2,1-2H3. The Morgan fingerprint density at radius 2 is 1.50 bits per heavy atom. The van der Waals surface area contributed by atoms with Crippen LogP contribution in [0.25, 0.3) is 0 Å². The van der Waals surface area contributed by atoms with Crippen LogP contribution in [0.5, 0.6) is 0 Å². The van der Waals surface area contributed by atoms with Gasteiger partial charge in [0.1, 0.15) is 0 Å². The van der Waals surface area contributed by atoms with Crippen LogP contribution in [-0.2, 0) is 6.18 Å². The zero-order valence-corrected chi connectivity index (χ0v) is 12.1. The molecule has 116 valence electrons. The van der Waals surface area contributed by atoms with E-state index >= 15 is 0 Å². The molecule has 22 heavy (non-hydrogen) atoms. The summed E-state index contributed by atoms with van der Waals surface area (Å²) in [6.45, 7) is 3.55. The van der Waals surface area contributed by atoms with Crippen molar-refractivity contribution >= 4 is 22.7 Å². The van der Waals surface area contributed by atoms with E-state index in [1.807, 2.05) is 0 Å². The number of rotatable bonds is 2. The van der Waals surface area contributed by atoms with E-state index in [0.717, 1.165) is 17.2 Å². The van der Waals surface area contributed by atoms with Crippen LogP contribution < -0.4 is 11.5 Å². The van der Waals surface area contributed by atoms with Gasteiger partial charge >= 0.3 is 6.18 Å². The van der Waals surface area contributed by atoms with E-state index in [9.17, 15) is 13.2 Å². The number of nitrogens with two attached hydrogens (primary N) is 2. The van der Waals surface area contributed by atoms with Crippen molar-refractivity contribution in [3.05, 3.63) is 47.0 Å². The summed E-state index contributed by atoms with van der Waals surface area (Å²) in [4.78, 5) is 0. The van der Waals surface area contributed by atoms with Crippen molar-refractivity contribution in [3.8, 4) is 0 Å². The molecule has 0 aliphatic heterocycles. The number of nitrogen functional groups attached to an aromatic ring is 2. The first-order valence-corrected chi connectivity index (χ1v) is 6.43. The number of hydrogen-bond acceptors (Lipinski definition) is 4. The van der Waals surface area contributed by atoms with E-state index in [1.165, 1.54) is 12.1 Å². The largest absolute Gasteiger partial charge is 0.418 e. The quantitative estimate of drug-likeness (QED) is 0.611. The second-order valence-corrected chi connectivity index (χ2v) is 4.97. The third-order valence-electron chi connectivity index (χ3n) is 3.18. The number of alkyl halides is 3. The molecule has 0 aliphatic rings. The predicted molar refractivity (Wildman–Crippen MR) is 80.4 cm³/mol. The summed E-state index contributed by atoms with van der Waals surface area (Å²) in [5, 5.41) is 7.63. The highest BCUT2D eigenvalue weighted by Gasteiger charge is 2.33. The minimum absolute atomic E-state index is 0.0192. The van der Waals surface area contributed by atoms with Crippen molar-refractivity contribution in [2.75, 3.05) is 11.5 Å². The Balaban J connectivity index is 2.45. The Morgan fingerprint density at radius 1 is 0.864 bits per heavy atom. The Bertz CT molecular complexity index is 736. The van der Waals surface area contributed by atoms with Crippen LogP contribution >= 0.6 is 0 Å². The fourth-order valence-electron chi connectivity index (χ4n) is 1.91. The molecular weight excluding hydrogens is 293 g/mol. The molecule has 0 spiro atoms. The fraction of sp³-hybridized carbons (Fsp3) is 0.200. The molecule has 2 rings (SSSR count). The molecule has 4 nitrogen and oxygen atoms in total. The normalized spacial score (nSPS) is 12.0. The van der Waals surface area contributed by atoms with E-state index < -0.39 is 11.7 Å². The van der Waals surface area contributed by atoms with Crippen LogP contribution in [0.4, 0.5) is 35.9 Å². The number of anilines is 2. The Labute approximate surface area is 125 Å². The fourth-order valence-corrected chi connectivity index (χ4v) is 1.91. The molecule has 0 aromatic heterocycles. The first kappa shape index (κ1) is 15.8. The van der Waals surface area contributed by atoms with E-state index in [-0.39, 0.29) is 11.4 Å². The van der Waals surface area contributed by atoms with Crippen molar-refractivity contribution < 1.29 is 13.2 Å². The molecule has 0 amide bonds. The molecule has 2 aromatic rings. The summed E-state index contributed by atoms with van der Waals surface area (Å²) in [6.07, 6.45) is -4.55. The van der Waals surface area contributed by atoms with Crippen LogP contribution in [-0.4, -0.2) is 0 Å². The van der Waals surface area contributed by atoms with Crippen LogP contribution in [0.15, 0.2) is 40.6 Å². The van der Waals surface area contributed by atoms with E-state index in [2.05, 4.69) is 10.2 Å². The molecule has 7 heteroatoms. The lowest BCUT2D eigenvalue weighted by molar-refractivity contribution is -0.137. The smallest absolute Gasteiger partial charge is 0.399 e. The second kappa shape index (κ2) is 5.67. The molecule has 0 saturated carbocycles. The van der Waals surface area contributed by atoms with Crippen LogP contribution in [0.1, 0.15) is 16.7 Å². The van der Waals surface area contributed by atoms with E-state index in [4.69, 9.17) is 11.5 Å². The molecule has 2 aromatic carbocycles. The summed E-state index contributed by atoms with van der Waals surface area (Å²) < 4.78 is 38.9. The molecule has 0 heterocycles. The van der Waals surface area contributed by atoms with Gasteiger partial charge in [0.05, 0.1) is 16.9 Å². The Kier molecular flexibility index (Phi) is 4.07. The average Bonchev–Trinajstić information content (AvgIpc) is 2.41. The summed E-state index contributed by atoms with van der Waals surface area (Å²) in [6, 6.07) is 6.78. The summed E-state index contributed by atoms with van der Waals surface area (Å²) >= 11 is 0. The van der Waals surface area contributed by atoms with Gasteiger partial charge in [-0.15, -0.1) is 5.11 Å². The van der Waals surface area contributed by atoms with Gasteiger partial charge in [-0.1, -0.05) is 0 Å². The average molecular weight is 308 g/mol. The van der Waals surface area contributed by atoms with Crippen molar-refractivity contribution in [3.63, 3.8) is 0 Å². The van der Waals surface area contributed by atoms with Crippen molar-refractivity contribution in [1.29, 1.82) is 0 Å². The molecule has 0 bridgehead atoms.